The number of nitrogens with zero attached hydrogens (tertiary/aromatic N) is 1. The highest BCUT2D eigenvalue weighted by molar-refractivity contribution is 6.01. The maximum Gasteiger partial charge on any atom is 0.336 e. The van der Waals surface area contributed by atoms with Crippen molar-refractivity contribution in [1.82, 2.24) is 10.2 Å². The Morgan fingerprint density at radius 2 is 1.65 bits per heavy atom. The van der Waals surface area contributed by atoms with E-state index in [0.29, 0.717) is 22.0 Å². The van der Waals surface area contributed by atoms with E-state index in [-0.39, 0.29) is 11.1 Å². The van der Waals surface area contributed by atoms with Crippen molar-refractivity contribution in [1.29, 1.82) is 0 Å². The molecule has 2 N–H and O–H groups in total. The quantitative estimate of drug-likeness (QED) is 0.745. The van der Waals surface area contributed by atoms with Crippen molar-refractivity contribution in [2.75, 3.05) is 0 Å². The van der Waals surface area contributed by atoms with Gasteiger partial charge in [-0.2, -0.15) is 5.10 Å². The summed E-state index contributed by atoms with van der Waals surface area (Å²) in [5.74, 6) is -1.03. The van der Waals surface area contributed by atoms with E-state index in [4.69, 9.17) is 0 Å². The molecule has 0 atom stereocenters. The molecule has 0 aliphatic carbocycles. The molecule has 98 valence electrons. The van der Waals surface area contributed by atoms with Gasteiger partial charge in [0.2, 0.25) is 0 Å². The van der Waals surface area contributed by atoms with Gasteiger partial charge >= 0.3 is 5.97 Å². The molecule has 0 amide bonds. The van der Waals surface area contributed by atoms with Gasteiger partial charge < -0.3 is 5.11 Å². The normalized spacial score (nSPS) is 10.6. The second-order valence-corrected chi connectivity index (χ2v) is 4.30. The lowest BCUT2D eigenvalue weighted by molar-refractivity contribution is 0.0697. The molecule has 0 aliphatic heterocycles. The van der Waals surface area contributed by atoms with Gasteiger partial charge in [0.1, 0.15) is 0 Å². The molecule has 3 rings (SSSR count). The zero-order chi connectivity index (χ0) is 14.1. The van der Waals surface area contributed by atoms with Gasteiger partial charge in [-0.25, -0.2) is 9.89 Å². The van der Waals surface area contributed by atoms with Gasteiger partial charge in [0.05, 0.1) is 16.6 Å². The van der Waals surface area contributed by atoms with Gasteiger partial charge in [-0.1, -0.05) is 36.4 Å². The number of carboxylic acids is 1. The fraction of sp³-hybridized carbons (Fsp3) is 0. The Morgan fingerprint density at radius 3 is 2.40 bits per heavy atom. The van der Waals surface area contributed by atoms with Crippen LogP contribution in [0.2, 0.25) is 0 Å². The number of aromatic nitrogens is 2. The van der Waals surface area contributed by atoms with Crippen LogP contribution < -0.4 is 5.56 Å². The lowest BCUT2D eigenvalue weighted by Gasteiger charge is -2.07. The molecule has 20 heavy (non-hydrogen) atoms. The number of aromatic carboxylic acids is 1. The maximum absolute atomic E-state index is 11.7. The van der Waals surface area contributed by atoms with E-state index in [1.54, 1.807) is 42.5 Å². The first-order valence-electron chi connectivity index (χ1n) is 5.98. The number of carboxylic acid groups (broad SMARTS) is 1. The number of hydrogen-bond acceptors (Lipinski definition) is 3. The molecule has 0 aliphatic rings. The van der Waals surface area contributed by atoms with E-state index in [0.717, 1.165) is 0 Å². The summed E-state index contributed by atoms with van der Waals surface area (Å²) in [4.78, 5) is 23.0. The molecule has 0 radical (unpaired) electrons. The summed E-state index contributed by atoms with van der Waals surface area (Å²) in [5, 5.41) is 16.8. The Hall–Kier alpha value is -2.95. The second-order valence-electron chi connectivity index (χ2n) is 4.30. The molecule has 0 unspecified atom stereocenters. The predicted octanol–water partition coefficient (Wildman–Crippen LogP) is 2.29. The summed E-state index contributed by atoms with van der Waals surface area (Å²) >= 11 is 0. The minimum atomic E-state index is -1.03. The Bertz CT molecular complexity index is 868. The van der Waals surface area contributed by atoms with E-state index in [9.17, 15) is 14.7 Å². The Kier molecular flexibility index (Phi) is 2.80. The van der Waals surface area contributed by atoms with Crippen molar-refractivity contribution in [2.24, 2.45) is 0 Å². The first kappa shape index (κ1) is 12.1. The lowest BCUT2D eigenvalue weighted by Crippen LogP contribution is -2.10. The average Bonchev–Trinajstić information content (AvgIpc) is 2.48. The van der Waals surface area contributed by atoms with Crippen LogP contribution in [0, 0.1) is 0 Å². The van der Waals surface area contributed by atoms with Gasteiger partial charge in [-0.3, -0.25) is 4.79 Å². The highest BCUT2D eigenvalue weighted by Gasteiger charge is 2.15. The molecule has 3 aromatic rings. The van der Waals surface area contributed by atoms with Gasteiger partial charge in [0, 0.05) is 10.9 Å². The van der Waals surface area contributed by atoms with E-state index in [1.807, 2.05) is 0 Å². The number of aromatic amines is 1. The van der Waals surface area contributed by atoms with Crippen molar-refractivity contribution in [3.05, 3.63) is 64.4 Å². The van der Waals surface area contributed by atoms with Gasteiger partial charge in [-0.15, -0.1) is 0 Å². The zero-order valence-electron chi connectivity index (χ0n) is 10.3. The second kappa shape index (κ2) is 4.62. The Balaban J connectivity index is 2.40. The molecule has 0 fully saturated rings. The number of rotatable bonds is 2. The van der Waals surface area contributed by atoms with Crippen molar-refractivity contribution in [3.8, 4) is 11.3 Å². The summed E-state index contributed by atoms with van der Waals surface area (Å²) in [6.07, 6.45) is 0. The molecule has 1 heterocycles. The van der Waals surface area contributed by atoms with Crippen LogP contribution in [-0.4, -0.2) is 21.3 Å². The minimum absolute atomic E-state index is 0.150. The van der Waals surface area contributed by atoms with Crippen LogP contribution in [0.25, 0.3) is 22.0 Å². The van der Waals surface area contributed by atoms with Crippen LogP contribution in [0.4, 0.5) is 0 Å². The molecule has 5 heteroatoms. The van der Waals surface area contributed by atoms with Crippen molar-refractivity contribution in [2.45, 2.75) is 0 Å². The number of H-pyrrole nitrogens is 1. The highest BCUT2D eigenvalue weighted by atomic mass is 16.4. The van der Waals surface area contributed by atoms with Gasteiger partial charge in [0.25, 0.3) is 5.56 Å². The number of hydrogen-bond donors (Lipinski definition) is 2. The van der Waals surface area contributed by atoms with Crippen molar-refractivity contribution >= 4 is 16.7 Å². The van der Waals surface area contributed by atoms with E-state index >= 15 is 0 Å². The summed E-state index contributed by atoms with van der Waals surface area (Å²) in [6.45, 7) is 0. The van der Waals surface area contributed by atoms with Crippen LogP contribution >= 0.6 is 0 Å². The third-order valence-electron chi connectivity index (χ3n) is 3.11. The molecular formula is C15H10N2O3. The third kappa shape index (κ3) is 1.85. The molecule has 2 aromatic carbocycles. The van der Waals surface area contributed by atoms with Crippen LogP contribution in [-0.2, 0) is 0 Å². The predicted molar refractivity (Wildman–Crippen MR) is 74.8 cm³/mol. The molecule has 1 aromatic heterocycles. The summed E-state index contributed by atoms with van der Waals surface area (Å²) < 4.78 is 0. The average molecular weight is 266 g/mol. The third-order valence-corrected chi connectivity index (χ3v) is 3.11. The van der Waals surface area contributed by atoms with E-state index < -0.39 is 5.97 Å². The standard InChI is InChI=1S/C15H10N2O3/c18-14-11-7-3-1-5-9(11)13(16-17-14)10-6-2-4-8-12(10)15(19)20/h1-8H,(H,17,18)(H,19,20). The van der Waals surface area contributed by atoms with Crippen LogP contribution in [0.1, 0.15) is 10.4 Å². The van der Waals surface area contributed by atoms with Crippen LogP contribution in [0.3, 0.4) is 0 Å². The molecular weight excluding hydrogens is 256 g/mol. The summed E-state index contributed by atoms with van der Waals surface area (Å²) in [7, 11) is 0. The first-order valence-corrected chi connectivity index (χ1v) is 5.98. The number of nitrogens with one attached hydrogen (secondary N) is 1. The Morgan fingerprint density at radius 1 is 1.00 bits per heavy atom. The minimum Gasteiger partial charge on any atom is -0.478 e. The fourth-order valence-electron chi connectivity index (χ4n) is 2.20. The largest absolute Gasteiger partial charge is 0.478 e. The smallest absolute Gasteiger partial charge is 0.336 e. The maximum atomic E-state index is 11.7. The number of carbonyl (C=O) groups is 1. The molecule has 0 saturated heterocycles. The van der Waals surface area contributed by atoms with Crippen molar-refractivity contribution < 1.29 is 9.90 Å². The lowest BCUT2D eigenvalue weighted by atomic mass is 10.0. The highest BCUT2D eigenvalue weighted by Crippen LogP contribution is 2.27. The van der Waals surface area contributed by atoms with Gasteiger partial charge in [0.15, 0.2) is 0 Å². The SMILES string of the molecule is O=C(O)c1ccccc1-c1n[nH]c(=O)c2ccccc12. The molecule has 0 bridgehead atoms. The van der Waals surface area contributed by atoms with Crippen LogP contribution in [0.15, 0.2) is 53.3 Å². The molecule has 5 nitrogen and oxygen atoms in total. The Labute approximate surface area is 113 Å². The number of benzene rings is 2. The summed E-state index contributed by atoms with van der Waals surface area (Å²) in [5.41, 5.74) is 0.792. The van der Waals surface area contributed by atoms with E-state index in [2.05, 4.69) is 10.2 Å². The molecule has 0 saturated carbocycles. The van der Waals surface area contributed by atoms with E-state index in [1.165, 1.54) is 6.07 Å². The van der Waals surface area contributed by atoms with Crippen molar-refractivity contribution in [3.63, 3.8) is 0 Å². The summed E-state index contributed by atoms with van der Waals surface area (Å²) in [6, 6.07) is 13.6. The first-order chi connectivity index (χ1) is 9.68. The topological polar surface area (TPSA) is 83.0 Å². The van der Waals surface area contributed by atoms with Crippen LogP contribution in [0.5, 0.6) is 0 Å². The fourth-order valence-corrected chi connectivity index (χ4v) is 2.20. The monoisotopic (exact) mass is 266 g/mol. The molecule has 0 spiro atoms. The zero-order valence-corrected chi connectivity index (χ0v) is 10.3. The van der Waals surface area contributed by atoms with Gasteiger partial charge in [-0.05, 0) is 12.1 Å². The number of fused-ring (bicyclic) bond motifs is 1.